The third-order valence-electron chi connectivity index (χ3n) is 1.49. The van der Waals surface area contributed by atoms with Gasteiger partial charge in [0.05, 0.1) is 12.7 Å². The molecule has 66 valence electrons. The fourth-order valence-electron chi connectivity index (χ4n) is 0.886. The van der Waals surface area contributed by atoms with Gasteiger partial charge in [-0.15, -0.1) is 0 Å². The highest BCUT2D eigenvalue weighted by molar-refractivity contribution is 5.33. The van der Waals surface area contributed by atoms with Gasteiger partial charge < -0.3 is 4.74 Å². The van der Waals surface area contributed by atoms with E-state index >= 15 is 0 Å². The zero-order chi connectivity index (χ0) is 9.14. The number of rotatable bonds is 2. The number of halogens is 2. The first-order chi connectivity index (χ1) is 5.65. The average molecular weight is 173 g/mol. The van der Waals surface area contributed by atoms with E-state index in [-0.39, 0.29) is 11.3 Å². The maximum absolute atomic E-state index is 12.2. The van der Waals surface area contributed by atoms with Crippen LogP contribution in [0.4, 0.5) is 8.78 Å². The number of methoxy groups -OCH3 is 1. The second-order valence-electron chi connectivity index (χ2n) is 2.37. The fourth-order valence-corrected chi connectivity index (χ4v) is 0.886. The van der Waals surface area contributed by atoms with E-state index in [0.29, 0.717) is 5.69 Å². The quantitative estimate of drug-likeness (QED) is 0.684. The van der Waals surface area contributed by atoms with Crippen LogP contribution in [0.25, 0.3) is 0 Å². The van der Waals surface area contributed by atoms with Crippen LogP contribution in [0.1, 0.15) is 17.7 Å². The van der Waals surface area contributed by atoms with Gasteiger partial charge in [-0.1, -0.05) is 0 Å². The van der Waals surface area contributed by atoms with Crippen molar-refractivity contribution in [1.82, 2.24) is 4.98 Å². The Balaban J connectivity index is 3.11. The van der Waals surface area contributed by atoms with Gasteiger partial charge >= 0.3 is 0 Å². The van der Waals surface area contributed by atoms with Crippen LogP contribution in [0.15, 0.2) is 12.3 Å². The molecule has 0 spiro atoms. The van der Waals surface area contributed by atoms with Crippen molar-refractivity contribution in [3.05, 3.63) is 23.5 Å². The van der Waals surface area contributed by atoms with Crippen molar-refractivity contribution >= 4 is 0 Å². The van der Waals surface area contributed by atoms with Crippen LogP contribution < -0.4 is 4.74 Å². The highest BCUT2D eigenvalue weighted by Crippen LogP contribution is 2.27. The molecule has 0 amide bonds. The SMILES string of the molecule is COc1cc(C)ncc1C(F)F. The Bertz CT molecular complexity index is 276. The number of ether oxygens (including phenoxy) is 1. The van der Waals surface area contributed by atoms with Crippen LogP contribution in [0.3, 0.4) is 0 Å². The number of hydrogen-bond donors (Lipinski definition) is 0. The second-order valence-corrected chi connectivity index (χ2v) is 2.37. The van der Waals surface area contributed by atoms with Gasteiger partial charge in [0.1, 0.15) is 5.75 Å². The molecule has 0 fully saturated rings. The Morgan fingerprint density at radius 1 is 1.50 bits per heavy atom. The van der Waals surface area contributed by atoms with Gasteiger partial charge in [0, 0.05) is 18.0 Å². The molecule has 0 aromatic carbocycles. The molecule has 0 saturated carbocycles. The largest absolute Gasteiger partial charge is 0.496 e. The predicted molar refractivity (Wildman–Crippen MR) is 40.5 cm³/mol. The summed E-state index contributed by atoms with van der Waals surface area (Å²) in [6.45, 7) is 1.72. The minimum atomic E-state index is -2.53. The third kappa shape index (κ3) is 1.69. The van der Waals surface area contributed by atoms with Crippen LogP contribution in [0.2, 0.25) is 0 Å². The van der Waals surface area contributed by atoms with E-state index in [1.807, 2.05) is 0 Å². The van der Waals surface area contributed by atoms with E-state index < -0.39 is 6.43 Å². The normalized spacial score (nSPS) is 10.4. The van der Waals surface area contributed by atoms with E-state index in [1.54, 1.807) is 6.92 Å². The predicted octanol–water partition coefficient (Wildman–Crippen LogP) is 2.34. The lowest BCUT2D eigenvalue weighted by atomic mass is 10.2. The number of pyridine rings is 1. The van der Waals surface area contributed by atoms with Crippen molar-refractivity contribution in [2.75, 3.05) is 7.11 Å². The van der Waals surface area contributed by atoms with E-state index in [0.717, 1.165) is 6.20 Å². The maximum Gasteiger partial charge on any atom is 0.268 e. The summed E-state index contributed by atoms with van der Waals surface area (Å²) in [5.41, 5.74) is 0.499. The summed E-state index contributed by atoms with van der Waals surface area (Å²) in [5.74, 6) is 0.192. The number of hydrogen-bond acceptors (Lipinski definition) is 2. The molecule has 1 aromatic heterocycles. The Labute approximate surface area is 69.2 Å². The van der Waals surface area contributed by atoms with Gasteiger partial charge in [-0.25, -0.2) is 8.78 Å². The third-order valence-corrected chi connectivity index (χ3v) is 1.49. The molecule has 2 nitrogen and oxygen atoms in total. The molecule has 0 saturated heterocycles. The van der Waals surface area contributed by atoms with Gasteiger partial charge in [0.2, 0.25) is 0 Å². The van der Waals surface area contributed by atoms with Crippen LogP contribution in [-0.4, -0.2) is 12.1 Å². The first kappa shape index (κ1) is 8.90. The molecule has 4 heteroatoms. The van der Waals surface area contributed by atoms with Gasteiger partial charge in [-0.3, -0.25) is 4.98 Å². The summed E-state index contributed by atoms with van der Waals surface area (Å²) in [6, 6.07) is 1.49. The van der Waals surface area contributed by atoms with Crippen LogP contribution >= 0.6 is 0 Å². The lowest BCUT2D eigenvalue weighted by Gasteiger charge is -2.06. The minimum absolute atomic E-state index is 0.164. The first-order valence-electron chi connectivity index (χ1n) is 3.44. The monoisotopic (exact) mass is 173 g/mol. The number of alkyl halides is 2. The summed E-state index contributed by atoms with van der Waals surface area (Å²) in [4.78, 5) is 3.75. The lowest BCUT2D eigenvalue weighted by molar-refractivity contribution is 0.146. The number of nitrogens with zero attached hydrogens (tertiary/aromatic N) is 1. The topological polar surface area (TPSA) is 22.1 Å². The molecule has 0 aliphatic heterocycles. The summed E-state index contributed by atoms with van der Waals surface area (Å²) in [5, 5.41) is 0. The zero-order valence-electron chi connectivity index (χ0n) is 6.84. The molecular formula is C8H9F2NO. The van der Waals surface area contributed by atoms with E-state index in [4.69, 9.17) is 4.74 Å². The molecular weight excluding hydrogens is 164 g/mol. The molecule has 0 bridgehead atoms. The van der Waals surface area contributed by atoms with Crippen molar-refractivity contribution in [3.8, 4) is 5.75 Å². The molecule has 0 unspecified atom stereocenters. The highest BCUT2D eigenvalue weighted by atomic mass is 19.3. The van der Waals surface area contributed by atoms with E-state index in [2.05, 4.69) is 4.98 Å². The van der Waals surface area contributed by atoms with Gasteiger partial charge in [-0.2, -0.15) is 0 Å². The minimum Gasteiger partial charge on any atom is -0.496 e. The highest BCUT2D eigenvalue weighted by Gasteiger charge is 2.13. The molecule has 0 aliphatic carbocycles. The molecule has 1 heterocycles. The lowest BCUT2D eigenvalue weighted by Crippen LogP contribution is -1.94. The summed E-state index contributed by atoms with van der Waals surface area (Å²) >= 11 is 0. The van der Waals surface area contributed by atoms with Gasteiger partial charge in [0.25, 0.3) is 6.43 Å². The summed E-state index contributed by atoms with van der Waals surface area (Å²) in [6.07, 6.45) is -1.40. The van der Waals surface area contributed by atoms with E-state index in [1.165, 1.54) is 13.2 Å². The number of aryl methyl sites for hydroxylation is 1. The Kier molecular flexibility index (Phi) is 2.58. The van der Waals surface area contributed by atoms with Crippen molar-refractivity contribution in [3.63, 3.8) is 0 Å². The van der Waals surface area contributed by atoms with E-state index in [9.17, 15) is 8.78 Å². The molecule has 0 N–H and O–H groups in total. The average Bonchev–Trinajstić information content (AvgIpc) is 2.03. The number of aromatic nitrogens is 1. The zero-order valence-corrected chi connectivity index (χ0v) is 6.84. The Morgan fingerprint density at radius 3 is 2.67 bits per heavy atom. The molecule has 12 heavy (non-hydrogen) atoms. The van der Waals surface area contributed by atoms with Crippen molar-refractivity contribution in [2.24, 2.45) is 0 Å². The summed E-state index contributed by atoms with van der Waals surface area (Å²) < 4.78 is 29.2. The second kappa shape index (κ2) is 3.47. The van der Waals surface area contributed by atoms with Gasteiger partial charge in [0.15, 0.2) is 0 Å². The van der Waals surface area contributed by atoms with Crippen LogP contribution in [0, 0.1) is 6.92 Å². The molecule has 0 aliphatic rings. The molecule has 1 aromatic rings. The Hall–Kier alpha value is -1.19. The molecule has 0 atom stereocenters. The van der Waals surface area contributed by atoms with Crippen molar-refractivity contribution in [1.29, 1.82) is 0 Å². The first-order valence-corrected chi connectivity index (χ1v) is 3.44. The fraction of sp³-hybridized carbons (Fsp3) is 0.375. The summed E-state index contributed by atoms with van der Waals surface area (Å²) in [7, 11) is 1.36. The van der Waals surface area contributed by atoms with Crippen molar-refractivity contribution < 1.29 is 13.5 Å². The van der Waals surface area contributed by atoms with Crippen LogP contribution in [0.5, 0.6) is 5.75 Å². The maximum atomic E-state index is 12.2. The van der Waals surface area contributed by atoms with Crippen molar-refractivity contribution in [2.45, 2.75) is 13.3 Å². The molecule has 1 rings (SSSR count). The standard InChI is InChI=1S/C8H9F2NO/c1-5-3-7(12-2)6(4-11-5)8(9)10/h3-4,8H,1-2H3. The van der Waals surface area contributed by atoms with Gasteiger partial charge in [-0.05, 0) is 6.92 Å². The Morgan fingerprint density at radius 2 is 2.17 bits per heavy atom. The van der Waals surface area contributed by atoms with Crippen LogP contribution in [-0.2, 0) is 0 Å². The smallest absolute Gasteiger partial charge is 0.268 e. The molecule has 0 radical (unpaired) electrons.